The number of rotatable bonds is 16. The lowest BCUT2D eigenvalue weighted by atomic mass is 9.90. The fourth-order valence-corrected chi connectivity index (χ4v) is 8.91. The minimum absolute atomic E-state index is 0.0587. The van der Waals surface area contributed by atoms with E-state index in [1.165, 1.54) is 5.56 Å². The SMILES string of the molecule is Cc1cc(-c2ccc(CCc3ccc(OC4CCN(CCCOCCOc5cccc6c5C(=O)N(C5CCC(=O)NC5=O)C6=O)CC4)cc3)c(-c3ccc(Cl)c(C)c3)c2O)n(C)n1. The zero-order valence-electron chi connectivity index (χ0n) is 35.8. The zero-order valence-corrected chi connectivity index (χ0v) is 36.6. The molecule has 328 valence electrons. The molecule has 4 heterocycles. The van der Waals surface area contributed by atoms with Gasteiger partial charge < -0.3 is 24.2 Å². The predicted molar refractivity (Wildman–Crippen MR) is 238 cm³/mol. The van der Waals surface area contributed by atoms with Crippen molar-refractivity contribution in [3.05, 3.63) is 117 Å². The molecule has 13 nitrogen and oxygen atoms in total. The quantitative estimate of drug-likeness (QED) is 0.0767. The second kappa shape index (κ2) is 19.2. The van der Waals surface area contributed by atoms with Gasteiger partial charge in [-0.25, -0.2) is 0 Å². The third-order valence-electron chi connectivity index (χ3n) is 12.1. The normalized spacial score (nSPS) is 17.0. The summed E-state index contributed by atoms with van der Waals surface area (Å²) in [6, 6.07) is 24.1. The van der Waals surface area contributed by atoms with Crippen LogP contribution in [0.5, 0.6) is 17.2 Å². The van der Waals surface area contributed by atoms with E-state index in [4.69, 9.17) is 25.8 Å². The maximum atomic E-state index is 13.3. The Morgan fingerprint density at radius 2 is 1.63 bits per heavy atom. The molecule has 1 atom stereocenters. The van der Waals surface area contributed by atoms with Crippen molar-refractivity contribution < 1.29 is 38.5 Å². The number of piperidine rings is 2. The van der Waals surface area contributed by atoms with E-state index in [0.29, 0.717) is 18.2 Å². The first-order valence-electron chi connectivity index (χ1n) is 21.6. The predicted octanol–water partition coefficient (Wildman–Crippen LogP) is 7.25. The Labute approximate surface area is 371 Å². The monoisotopic (exact) mass is 873 g/mol. The highest BCUT2D eigenvalue weighted by Gasteiger charge is 2.46. The number of likely N-dealkylation sites (tertiary alicyclic amines) is 1. The molecule has 4 aromatic carbocycles. The highest BCUT2D eigenvalue weighted by molar-refractivity contribution is 6.31. The number of aromatic nitrogens is 2. The molecule has 3 aliphatic rings. The van der Waals surface area contributed by atoms with Gasteiger partial charge in [-0.05, 0) is 123 Å². The highest BCUT2D eigenvalue weighted by Crippen LogP contribution is 2.42. The Hall–Kier alpha value is -6.02. The number of hydrogen-bond donors (Lipinski definition) is 2. The van der Waals surface area contributed by atoms with Crippen LogP contribution in [-0.2, 0) is 34.2 Å². The fourth-order valence-electron chi connectivity index (χ4n) is 8.80. The molecule has 0 bridgehead atoms. The van der Waals surface area contributed by atoms with Crippen molar-refractivity contribution in [1.82, 2.24) is 24.9 Å². The maximum Gasteiger partial charge on any atom is 0.266 e. The van der Waals surface area contributed by atoms with Crippen molar-refractivity contribution >= 4 is 35.2 Å². The number of imide groups is 2. The Morgan fingerprint density at radius 3 is 2.37 bits per heavy atom. The van der Waals surface area contributed by atoms with Gasteiger partial charge in [0.25, 0.3) is 11.8 Å². The summed E-state index contributed by atoms with van der Waals surface area (Å²) in [7, 11) is 1.89. The maximum absolute atomic E-state index is 13.3. The van der Waals surface area contributed by atoms with Crippen LogP contribution in [0, 0.1) is 13.8 Å². The largest absolute Gasteiger partial charge is 0.507 e. The molecule has 0 spiro atoms. The van der Waals surface area contributed by atoms with Crippen molar-refractivity contribution in [3.63, 3.8) is 0 Å². The summed E-state index contributed by atoms with van der Waals surface area (Å²) in [6.45, 7) is 7.76. The molecule has 63 heavy (non-hydrogen) atoms. The summed E-state index contributed by atoms with van der Waals surface area (Å²) in [5.74, 6) is -0.872. The van der Waals surface area contributed by atoms with Crippen LogP contribution in [0.4, 0.5) is 0 Å². The van der Waals surface area contributed by atoms with Crippen LogP contribution in [-0.4, -0.2) is 99.9 Å². The number of aromatic hydroxyl groups is 1. The Kier molecular flexibility index (Phi) is 13.3. The molecule has 1 unspecified atom stereocenters. The molecule has 2 N–H and O–H groups in total. The molecule has 5 aromatic rings. The molecular weight excluding hydrogens is 822 g/mol. The molecule has 4 amide bonds. The van der Waals surface area contributed by atoms with Crippen molar-refractivity contribution in [2.75, 3.05) is 39.5 Å². The van der Waals surface area contributed by atoms with Gasteiger partial charge in [0.1, 0.15) is 36.0 Å². The number of halogens is 1. The van der Waals surface area contributed by atoms with Crippen LogP contribution >= 0.6 is 11.6 Å². The minimum atomic E-state index is -1.03. The molecule has 2 fully saturated rings. The van der Waals surface area contributed by atoms with Crippen LogP contribution in [0.25, 0.3) is 22.4 Å². The number of phenolic OH excluding ortho intramolecular Hbond substituents is 1. The lowest BCUT2D eigenvalue weighted by Gasteiger charge is -2.32. The summed E-state index contributed by atoms with van der Waals surface area (Å²) in [4.78, 5) is 53.7. The third kappa shape index (κ3) is 9.65. The summed E-state index contributed by atoms with van der Waals surface area (Å²) >= 11 is 6.39. The molecule has 8 rings (SSSR count). The van der Waals surface area contributed by atoms with Crippen molar-refractivity contribution in [3.8, 4) is 39.6 Å². The smallest absolute Gasteiger partial charge is 0.266 e. The number of carbonyl (C=O) groups excluding carboxylic acids is 4. The number of carbonyl (C=O) groups is 4. The van der Waals surface area contributed by atoms with Gasteiger partial charge in [0, 0.05) is 55.9 Å². The first kappa shape index (κ1) is 43.6. The van der Waals surface area contributed by atoms with Crippen LogP contribution in [0.3, 0.4) is 0 Å². The summed E-state index contributed by atoms with van der Waals surface area (Å²) < 4.78 is 19.9. The molecule has 1 aromatic heterocycles. The molecule has 14 heteroatoms. The van der Waals surface area contributed by atoms with Crippen molar-refractivity contribution in [1.29, 1.82) is 0 Å². The van der Waals surface area contributed by atoms with Gasteiger partial charge in [-0.2, -0.15) is 5.10 Å². The first-order chi connectivity index (χ1) is 30.4. The molecular formula is C49H52ClN5O8. The summed E-state index contributed by atoms with van der Waals surface area (Å²) in [5.41, 5.74) is 7.71. The Morgan fingerprint density at radius 1 is 0.841 bits per heavy atom. The minimum Gasteiger partial charge on any atom is -0.507 e. The number of hydrogen-bond acceptors (Lipinski definition) is 10. The van der Waals surface area contributed by atoms with Gasteiger partial charge in [0.05, 0.1) is 29.1 Å². The van der Waals surface area contributed by atoms with E-state index < -0.39 is 29.7 Å². The average Bonchev–Trinajstić information content (AvgIpc) is 3.74. The number of ether oxygens (including phenoxy) is 3. The number of fused-ring (bicyclic) bond motifs is 1. The topological polar surface area (TPSA) is 153 Å². The van der Waals surface area contributed by atoms with Gasteiger partial charge in [-0.3, -0.25) is 34.1 Å². The van der Waals surface area contributed by atoms with Gasteiger partial charge >= 0.3 is 0 Å². The highest BCUT2D eigenvalue weighted by atomic mass is 35.5. The van der Waals surface area contributed by atoms with Crippen LogP contribution in [0.2, 0.25) is 5.02 Å². The first-order valence-corrected chi connectivity index (χ1v) is 22.0. The number of nitrogens with zero attached hydrogens (tertiary/aromatic N) is 4. The van der Waals surface area contributed by atoms with Crippen LogP contribution in [0.15, 0.2) is 78.9 Å². The standard InChI is InChI=1S/C49H52ClN5O8/c1-30-28-34(13-17-39(30)50)44-33(12-16-37(46(44)57)41-29-31(2)52-53(41)3)11-8-32-9-14-35(15-10-32)63-36-20-23-54(24-21-36)22-5-25-61-26-27-62-42-7-4-6-38-45(42)49(60)55(48(38)59)40-18-19-43(56)51-47(40)58/h4,6-7,9-10,12-17,28-29,36,40,57H,5,8,11,18-27H2,1-3H3,(H,51,56,58). The molecule has 2 saturated heterocycles. The third-order valence-corrected chi connectivity index (χ3v) is 12.5. The summed E-state index contributed by atoms with van der Waals surface area (Å²) in [5, 5.41) is 19.1. The average molecular weight is 874 g/mol. The van der Waals surface area contributed by atoms with Gasteiger partial charge in [0.15, 0.2) is 0 Å². The van der Waals surface area contributed by atoms with E-state index >= 15 is 0 Å². The Balaban J connectivity index is 0.759. The van der Waals surface area contributed by atoms with E-state index in [9.17, 15) is 24.3 Å². The van der Waals surface area contributed by atoms with E-state index in [2.05, 4.69) is 45.6 Å². The van der Waals surface area contributed by atoms with Crippen molar-refractivity contribution in [2.45, 2.75) is 70.9 Å². The molecule has 0 radical (unpaired) electrons. The van der Waals surface area contributed by atoms with E-state index in [1.54, 1.807) is 22.9 Å². The van der Waals surface area contributed by atoms with E-state index in [1.807, 2.05) is 51.2 Å². The summed E-state index contributed by atoms with van der Waals surface area (Å²) in [6.07, 6.45) is 4.56. The Bertz CT molecular complexity index is 2530. The van der Waals surface area contributed by atoms with Gasteiger partial charge in [0.2, 0.25) is 11.8 Å². The van der Waals surface area contributed by atoms with Gasteiger partial charge in [-0.1, -0.05) is 41.9 Å². The number of phenols is 1. The number of amides is 4. The van der Waals surface area contributed by atoms with Crippen molar-refractivity contribution in [2.24, 2.45) is 7.05 Å². The van der Waals surface area contributed by atoms with Crippen LogP contribution < -0.4 is 14.8 Å². The molecule has 3 aliphatic heterocycles. The van der Waals surface area contributed by atoms with E-state index in [-0.39, 0.29) is 48.2 Å². The zero-order chi connectivity index (χ0) is 44.2. The second-order valence-corrected chi connectivity index (χ2v) is 16.9. The number of nitrogens with one attached hydrogen (secondary N) is 1. The molecule has 0 aliphatic carbocycles. The number of benzene rings is 4. The van der Waals surface area contributed by atoms with Crippen LogP contribution in [0.1, 0.15) is 75.2 Å². The number of aryl methyl sites for hydroxylation is 5. The van der Waals surface area contributed by atoms with Gasteiger partial charge in [-0.15, -0.1) is 0 Å². The van der Waals surface area contributed by atoms with E-state index in [0.717, 1.165) is 102 Å². The fraction of sp³-hybridized carbons (Fsp3) is 0.367. The molecule has 0 saturated carbocycles. The second-order valence-electron chi connectivity index (χ2n) is 16.5. The lowest BCUT2D eigenvalue weighted by Crippen LogP contribution is -2.54. The lowest BCUT2D eigenvalue weighted by molar-refractivity contribution is -0.136.